The monoisotopic (exact) mass is 282 g/mol. The van der Waals surface area contributed by atoms with E-state index in [0.29, 0.717) is 32.0 Å². The molecule has 9 nitrogen and oxygen atoms in total. The Hall–Kier alpha value is -2.00. The van der Waals surface area contributed by atoms with Crippen molar-refractivity contribution in [2.45, 2.75) is 13.1 Å². The van der Waals surface area contributed by atoms with Crippen molar-refractivity contribution in [2.24, 2.45) is 5.73 Å². The zero-order valence-electron chi connectivity index (χ0n) is 11.1. The van der Waals surface area contributed by atoms with Gasteiger partial charge in [-0.15, -0.1) is 5.10 Å². The molecule has 20 heavy (non-hydrogen) atoms. The van der Waals surface area contributed by atoms with Crippen molar-refractivity contribution in [3.63, 3.8) is 0 Å². The molecule has 0 atom stereocenters. The summed E-state index contributed by atoms with van der Waals surface area (Å²) in [4.78, 5) is 24.7. The van der Waals surface area contributed by atoms with Gasteiger partial charge in [-0.2, -0.15) is 0 Å². The maximum atomic E-state index is 12.0. The summed E-state index contributed by atoms with van der Waals surface area (Å²) in [5.74, 6) is -0.278. The van der Waals surface area contributed by atoms with Gasteiger partial charge in [-0.1, -0.05) is 5.21 Å². The Labute approximate surface area is 116 Å². The maximum Gasteiger partial charge on any atom is 0.244 e. The summed E-state index contributed by atoms with van der Waals surface area (Å²) < 4.78 is 6.65. The first-order valence-corrected chi connectivity index (χ1v) is 6.40. The van der Waals surface area contributed by atoms with Gasteiger partial charge >= 0.3 is 0 Å². The number of aromatic nitrogens is 3. The third-order valence-electron chi connectivity index (χ3n) is 2.90. The number of ether oxygens (including phenoxy) is 1. The van der Waals surface area contributed by atoms with E-state index in [1.165, 1.54) is 4.68 Å². The summed E-state index contributed by atoms with van der Waals surface area (Å²) in [7, 11) is 0. The topological polar surface area (TPSA) is 115 Å². The maximum absolute atomic E-state index is 12.0. The second-order valence-corrected chi connectivity index (χ2v) is 4.38. The first kappa shape index (κ1) is 14.4. The summed E-state index contributed by atoms with van der Waals surface area (Å²) in [6.45, 7) is 2.67. The average molecular weight is 282 g/mol. The SMILES string of the molecule is NCC(=O)NCc1cn(CC(=O)N2CCOCC2)nn1. The molecule has 9 heteroatoms. The lowest BCUT2D eigenvalue weighted by molar-refractivity contribution is -0.136. The van der Waals surface area contributed by atoms with Crippen LogP contribution in [0.1, 0.15) is 5.69 Å². The fourth-order valence-corrected chi connectivity index (χ4v) is 1.81. The Balaban J connectivity index is 1.82. The number of nitrogens with two attached hydrogens (primary N) is 1. The number of carbonyl (C=O) groups excluding carboxylic acids is 2. The van der Waals surface area contributed by atoms with Gasteiger partial charge in [0, 0.05) is 13.1 Å². The minimum atomic E-state index is -0.260. The van der Waals surface area contributed by atoms with E-state index in [1.54, 1.807) is 11.1 Å². The highest BCUT2D eigenvalue weighted by molar-refractivity contribution is 5.77. The van der Waals surface area contributed by atoms with Gasteiger partial charge in [0.05, 0.1) is 32.5 Å². The molecule has 2 amide bonds. The Morgan fingerprint density at radius 2 is 2.15 bits per heavy atom. The molecule has 110 valence electrons. The molecule has 0 unspecified atom stereocenters. The second kappa shape index (κ2) is 6.96. The second-order valence-electron chi connectivity index (χ2n) is 4.38. The summed E-state index contributed by atoms with van der Waals surface area (Å²) in [6.07, 6.45) is 1.63. The average Bonchev–Trinajstić information content (AvgIpc) is 2.93. The van der Waals surface area contributed by atoms with Crippen molar-refractivity contribution in [1.82, 2.24) is 25.2 Å². The van der Waals surface area contributed by atoms with Crippen LogP contribution in [0.2, 0.25) is 0 Å². The van der Waals surface area contributed by atoms with Gasteiger partial charge in [-0.05, 0) is 0 Å². The molecule has 1 fully saturated rings. The molecule has 1 aromatic heterocycles. The number of rotatable bonds is 5. The van der Waals surface area contributed by atoms with Crippen LogP contribution in [0.4, 0.5) is 0 Å². The first-order valence-electron chi connectivity index (χ1n) is 6.40. The summed E-state index contributed by atoms with van der Waals surface area (Å²) in [6, 6.07) is 0. The predicted molar refractivity (Wildman–Crippen MR) is 68.3 cm³/mol. The Morgan fingerprint density at radius 1 is 1.40 bits per heavy atom. The number of nitrogens with one attached hydrogen (secondary N) is 1. The number of morpholine rings is 1. The molecule has 1 aliphatic heterocycles. The van der Waals surface area contributed by atoms with E-state index in [0.717, 1.165) is 0 Å². The largest absolute Gasteiger partial charge is 0.378 e. The van der Waals surface area contributed by atoms with Crippen LogP contribution in [0.5, 0.6) is 0 Å². The molecule has 0 aliphatic carbocycles. The third-order valence-corrected chi connectivity index (χ3v) is 2.90. The fourth-order valence-electron chi connectivity index (χ4n) is 1.81. The van der Waals surface area contributed by atoms with Crippen LogP contribution < -0.4 is 11.1 Å². The predicted octanol–water partition coefficient (Wildman–Crippen LogP) is -2.29. The Bertz CT molecular complexity index is 468. The number of hydrogen-bond acceptors (Lipinski definition) is 6. The number of amides is 2. The van der Waals surface area contributed by atoms with Crippen molar-refractivity contribution in [3.8, 4) is 0 Å². The van der Waals surface area contributed by atoms with E-state index < -0.39 is 0 Å². The minimum absolute atomic E-state index is 0.0178. The fraction of sp³-hybridized carbons (Fsp3) is 0.636. The van der Waals surface area contributed by atoms with Gasteiger partial charge < -0.3 is 20.7 Å². The molecule has 0 radical (unpaired) electrons. The van der Waals surface area contributed by atoms with Crippen LogP contribution in [0, 0.1) is 0 Å². The zero-order valence-corrected chi connectivity index (χ0v) is 11.1. The van der Waals surface area contributed by atoms with Gasteiger partial charge in [-0.25, -0.2) is 4.68 Å². The highest BCUT2D eigenvalue weighted by atomic mass is 16.5. The van der Waals surface area contributed by atoms with Crippen molar-refractivity contribution in [2.75, 3.05) is 32.8 Å². The molecule has 1 aliphatic rings. The van der Waals surface area contributed by atoms with E-state index >= 15 is 0 Å². The van der Waals surface area contributed by atoms with Crippen LogP contribution in [-0.4, -0.2) is 64.6 Å². The summed E-state index contributed by atoms with van der Waals surface area (Å²) in [5.41, 5.74) is 5.76. The van der Waals surface area contributed by atoms with Gasteiger partial charge in [0.25, 0.3) is 0 Å². The van der Waals surface area contributed by atoms with Gasteiger partial charge in [-0.3, -0.25) is 9.59 Å². The van der Waals surface area contributed by atoms with E-state index in [1.807, 2.05) is 0 Å². The molecule has 0 saturated carbocycles. The van der Waals surface area contributed by atoms with E-state index in [4.69, 9.17) is 10.5 Å². The van der Waals surface area contributed by atoms with Gasteiger partial charge in [0.1, 0.15) is 12.2 Å². The molecule has 0 bridgehead atoms. The third kappa shape index (κ3) is 4.00. The number of nitrogens with zero attached hydrogens (tertiary/aromatic N) is 4. The van der Waals surface area contributed by atoms with Crippen molar-refractivity contribution in [1.29, 1.82) is 0 Å². The lowest BCUT2D eigenvalue weighted by Gasteiger charge is -2.26. The van der Waals surface area contributed by atoms with Gasteiger partial charge in [0.15, 0.2) is 0 Å². The quantitative estimate of drug-likeness (QED) is 0.628. The van der Waals surface area contributed by atoms with E-state index in [-0.39, 0.29) is 31.4 Å². The van der Waals surface area contributed by atoms with Crippen LogP contribution >= 0.6 is 0 Å². The van der Waals surface area contributed by atoms with Crippen molar-refractivity contribution in [3.05, 3.63) is 11.9 Å². The molecular formula is C11H18N6O3. The minimum Gasteiger partial charge on any atom is -0.378 e. The first-order chi connectivity index (χ1) is 9.69. The van der Waals surface area contributed by atoms with Crippen molar-refractivity contribution >= 4 is 11.8 Å². The smallest absolute Gasteiger partial charge is 0.244 e. The highest BCUT2D eigenvalue weighted by Gasteiger charge is 2.17. The Kier molecular flexibility index (Phi) is 5.02. The molecule has 1 aromatic rings. The highest BCUT2D eigenvalue weighted by Crippen LogP contribution is 2.00. The lowest BCUT2D eigenvalue weighted by atomic mass is 10.4. The molecule has 2 heterocycles. The summed E-state index contributed by atoms with van der Waals surface area (Å²) in [5, 5.41) is 10.3. The van der Waals surface area contributed by atoms with E-state index in [2.05, 4.69) is 15.6 Å². The molecule has 2 rings (SSSR count). The molecule has 3 N–H and O–H groups in total. The van der Waals surface area contributed by atoms with E-state index in [9.17, 15) is 9.59 Å². The zero-order chi connectivity index (χ0) is 14.4. The molecule has 0 aromatic carbocycles. The normalized spacial score (nSPS) is 15.2. The molecular weight excluding hydrogens is 264 g/mol. The van der Waals surface area contributed by atoms with Crippen LogP contribution in [0.25, 0.3) is 0 Å². The molecule has 1 saturated heterocycles. The van der Waals surface area contributed by atoms with Crippen molar-refractivity contribution < 1.29 is 14.3 Å². The van der Waals surface area contributed by atoms with Crippen LogP contribution in [-0.2, 0) is 27.4 Å². The standard InChI is InChI=1S/C11H18N6O3/c12-5-10(18)13-6-9-7-17(15-14-9)8-11(19)16-1-3-20-4-2-16/h7H,1-6,8,12H2,(H,13,18). The summed E-state index contributed by atoms with van der Waals surface area (Å²) >= 11 is 0. The molecule has 0 spiro atoms. The van der Waals surface area contributed by atoms with Gasteiger partial charge in [0.2, 0.25) is 11.8 Å². The number of carbonyl (C=O) groups is 2. The number of hydrogen-bond donors (Lipinski definition) is 2. The Morgan fingerprint density at radius 3 is 2.85 bits per heavy atom. The lowest BCUT2D eigenvalue weighted by Crippen LogP contribution is -2.42. The van der Waals surface area contributed by atoms with Crippen LogP contribution in [0.15, 0.2) is 6.20 Å². The van der Waals surface area contributed by atoms with Crippen LogP contribution in [0.3, 0.4) is 0 Å².